The Balaban J connectivity index is 1.89. The number of anilines is 1. The fourth-order valence-electron chi connectivity index (χ4n) is 2.82. The van der Waals surface area contributed by atoms with Crippen molar-refractivity contribution in [1.29, 1.82) is 0 Å². The van der Waals surface area contributed by atoms with Gasteiger partial charge in [0.25, 0.3) is 11.6 Å². The Hall–Kier alpha value is -3.10. The van der Waals surface area contributed by atoms with E-state index in [0.717, 1.165) is 22.3 Å². The first kappa shape index (κ1) is 20.6. The predicted octanol–water partition coefficient (Wildman–Crippen LogP) is 2.70. The molecule has 1 heterocycles. The summed E-state index contributed by atoms with van der Waals surface area (Å²) in [5, 5.41) is 11.6. The van der Waals surface area contributed by atoms with Crippen molar-refractivity contribution in [1.82, 2.24) is 4.98 Å². The number of thiazole rings is 1. The van der Waals surface area contributed by atoms with Crippen LogP contribution in [0.1, 0.15) is 11.1 Å². The first-order valence-electron chi connectivity index (χ1n) is 9.24. The molecule has 0 aliphatic carbocycles. The van der Waals surface area contributed by atoms with E-state index in [-0.39, 0.29) is 11.6 Å². The molecule has 0 atom stereocenters. The van der Waals surface area contributed by atoms with E-state index in [1.807, 2.05) is 39.2 Å². The molecule has 0 saturated heterocycles. The first-order chi connectivity index (χ1) is 13.8. The normalized spacial score (nSPS) is 11.4. The largest absolute Gasteiger partial charge is 0.338 e. The van der Waals surface area contributed by atoms with E-state index in [4.69, 9.17) is 4.98 Å². The number of aryl methyl sites for hydroxylation is 1. The van der Waals surface area contributed by atoms with E-state index < -0.39 is 4.92 Å². The Morgan fingerprint density at radius 2 is 2.03 bits per heavy atom. The van der Waals surface area contributed by atoms with E-state index in [1.165, 1.54) is 34.4 Å². The molecule has 0 unspecified atom stereocenters. The maximum Gasteiger partial charge on any atom is 0.270 e. The lowest BCUT2D eigenvalue weighted by Gasteiger charge is -2.19. The van der Waals surface area contributed by atoms with Gasteiger partial charge in [0.1, 0.15) is 0 Å². The zero-order valence-electron chi connectivity index (χ0n) is 16.6. The van der Waals surface area contributed by atoms with Gasteiger partial charge in [0.05, 0.1) is 42.3 Å². The number of nitro benzene ring substituents is 1. The number of quaternary nitrogens is 1. The maximum absolute atomic E-state index is 13.0. The molecule has 0 aliphatic rings. The van der Waals surface area contributed by atoms with Crippen LogP contribution < -0.4 is 9.80 Å². The molecule has 0 aliphatic heterocycles. The lowest BCUT2D eigenvalue weighted by atomic mass is 10.2. The average molecular weight is 412 g/mol. The fraction of sp³-hybridized carbons (Fsp3) is 0.238. The topological polar surface area (TPSA) is 80.8 Å². The van der Waals surface area contributed by atoms with Crippen molar-refractivity contribution in [2.75, 3.05) is 32.1 Å². The van der Waals surface area contributed by atoms with Crippen LogP contribution in [0.4, 0.5) is 10.8 Å². The van der Waals surface area contributed by atoms with Crippen LogP contribution in [0.25, 0.3) is 16.3 Å². The summed E-state index contributed by atoms with van der Waals surface area (Å²) in [5.74, 6) is -0.200. The van der Waals surface area contributed by atoms with Gasteiger partial charge in [-0.2, -0.15) is 0 Å². The monoisotopic (exact) mass is 411 g/mol. The van der Waals surface area contributed by atoms with Crippen LogP contribution in [-0.2, 0) is 4.79 Å². The molecule has 3 rings (SSSR count). The second-order valence-electron chi connectivity index (χ2n) is 7.05. The molecule has 0 spiro atoms. The Morgan fingerprint density at radius 1 is 1.28 bits per heavy atom. The van der Waals surface area contributed by atoms with Gasteiger partial charge in [-0.3, -0.25) is 19.8 Å². The Bertz CT molecular complexity index is 1070. The number of nitrogens with one attached hydrogen (secondary N) is 1. The molecule has 0 radical (unpaired) electrons. The molecule has 0 saturated carbocycles. The minimum Gasteiger partial charge on any atom is -0.338 e. The molecular weight excluding hydrogens is 388 g/mol. The van der Waals surface area contributed by atoms with Crippen LogP contribution in [0, 0.1) is 17.0 Å². The van der Waals surface area contributed by atoms with E-state index >= 15 is 0 Å². The summed E-state index contributed by atoms with van der Waals surface area (Å²) >= 11 is 1.49. The van der Waals surface area contributed by atoms with Crippen LogP contribution in [-0.4, -0.2) is 43.0 Å². The highest BCUT2D eigenvalue weighted by Crippen LogP contribution is 2.30. The minimum atomic E-state index is -0.450. The average Bonchev–Trinajstić information content (AvgIpc) is 3.12. The molecule has 150 valence electrons. The Morgan fingerprint density at radius 3 is 2.72 bits per heavy atom. The predicted molar refractivity (Wildman–Crippen MR) is 117 cm³/mol. The highest BCUT2D eigenvalue weighted by atomic mass is 32.1. The molecule has 1 amide bonds. The van der Waals surface area contributed by atoms with Gasteiger partial charge in [-0.15, -0.1) is 0 Å². The van der Waals surface area contributed by atoms with Crippen LogP contribution in [0.3, 0.4) is 0 Å². The van der Waals surface area contributed by atoms with Crippen molar-refractivity contribution in [2.45, 2.75) is 6.92 Å². The van der Waals surface area contributed by atoms with Crippen LogP contribution in [0.5, 0.6) is 0 Å². The van der Waals surface area contributed by atoms with Crippen LogP contribution in [0.15, 0.2) is 48.5 Å². The zero-order valence-corrected chi connectivity index (χ0v) is 17.4. The number of amides is 1. The van der Waals surface area contributed by atoms with E-state index in [2.05, 4.69) is 0 Å². The van der Waals surface area contributed by atoms with E-state index in [0.29, 0.717) is 17.2 Å². The van der Waals surface area contributed by atoms with E-state index in [1.54, 1.807) is 23.1 Å². The lowest BCUT2D eigenvalue weighted by molar-refractivity contribution is -0.856. The number of hydrogen-bond acceptors (Lipinski definition) is 5. The number of para-hydroxylation sites is 1. The Labute approximate surface area is 173 Å². The summed E-state index contributed by atoms with van der Waals surface area (Å²) in [5.41, 5.74) is 2.58. The number of nitrogens with zero attached hydrogens (tertiary/aromatic N) is 3. The lowest BCUT2D eigenvalue weighted by Crippen LogP contribution is -3.06. The van der Waals surface area contributed by atoms with Crippen molar-refractivity contribution in [3.63, 3.8) is 0 Å². The summed E-state index contributed by atoms with van der Waals surface area (Å²) in [6.45, 7) is 3.30. The molecule has 0 fully saturated rings. The molecule has 3 aromatic rings. The number of non-ortho nitro benzene ring substituents is 1. The van der Waals surface area contributed by atoms with Crippen LogP contribution >= 0.6 is 11.3 Å². The second-order valence-corrected chi connectivity index (χ2v) is 8.06. The summed E-state index contributed by atoms with van der Waals surface area (Å²) in [7, 11) is 4.06. The number of rotatable bonds is 7. The molecule has 2 aromatic carbocycles. The van der Waals surface area contributed by atoms with Crippen LogP contribution in [0.2, 0.25) is 0 Å². The third kappa shape index (κ3) is 5.04. The van der Waals surface area contributed by atoms with Gasteiger partial charge >= 0.3 is 0 Å². The highest BCUT2D eigenvalue weighted by Gasteiger charge is 2.19. The van der Waals surface area contributed by atoms with Gasteiger partial charge < -0.3 is 4.90 Å². The molecule has 1 aromatic heterocycles. The first-order valence-corrected chi connectivity index (χ1v) is 10.1. The molecule has 1 N–H and O–H groups in total. The standard InChI is InChI=1S/C21H22N4O3S/c1-15-6-4-9-18-20(15)22-21(29-18)24(13-12-23(2)3)19(26)11-10-16-7-5-8-17(14-16)25(27)28/h4-11,14H,12-13H2,1-3H3/p+1/b11-10+. The molecule has 0 bridgehead atoms. The summed E-state index contributed by atoms with van der Waals surface area (Å²) in [6.07, 6.45) is 3.05. The number of carbonyl (C=O) groups excluding carboxylic acids is 1. The van der Waals surface area contributed by atoms with Crippen molar-refractivity contribution in [3.8, 4) is 0 Å². The van der Waals surface area contributed by atoms with Gasteiger partial charge in [0.2, 0.25) is 0 Å². The number of nitro groups is 1. The third-order valence-electron chi connectivity index (χ3n) is 4.44. The van der Waals surface area contributed by atoms with Gasteiger partial charge in [-0.1, -0.05) is 35.6 Å². The van der Waals surface area contributed by atoms with E-state index in [9.17, 15) is 14.9 Å². The quantitative estimate of drug-likeness (QED) is 0.368. The number of aromatic nitrogens is 1. The number of carbonyl (C=O) groups is 1. The minimum absolute atomic E-state index is 0.00527. The zero-order chi connectivity index (χ0) is 21.0. The molecule has 7 nitrogen and oxygen atoms in total. The van der Waals surface area contributed by atoms with Gasteiger partial charge in [0, 0.05) is 18.2 Å². The fourth-order valence-corrected chi connectivity index (χ4v) is 3.90. The maximum atomic E-state index is 13.0. The van der Waals surface area contributed by atoms with Gasteiger partial charge in [-0.25, -0.2) is 4.98 Å². The third-order valence-corrected chi connectivity index (χ3v) is 5.48. The highest BCUT2D eigenvalue weighted by molar-refractivity contribution is 7.22. The second kappa shape index (κ2) is 8.93. The number of hydrogen-bond donors (Lipinski definition) is 1. The summed E-state index contributed by atoms with van der Waals surface area (Å²) < 4.78 is 1.04. The molecule has 8 heteroatoms. The summed E-state index contributed by atoms with van der Waals surface area (Å²) in [4.78, 5) is 31.1. The number of benzene rings is 2. The SMILES string of the molecule is Cc1cccc2sc(N(CC[NH+](C)C)C(=O)/C=C/c3cccc([N+](=O)[O-])c3)nc12. The van der Waals surface area contributed by atoms with Gasteiger partial charge in [-0.05, 0) is 30.2 Å². The molecule has 29 heavy (non-hydrogen) atoms. The smallest absolute Gasteiger partial charge is 0.270 e. The number of fused-ring (bicyclic) bond motifs is 1. The van der Waals surface area contributed by atoms with Crippen molar-refractivity contribution >= 4 is 44.4 Å². The van der Waals surface area contributed by atoms with Crippen molar-refractivity contribution in [3.05, 3.63) is 69.8 Å². The van der Waals surface area contributed by atoms with Crippen molar-refractivity contribution < 1.29 is 14.6 Å². The molecular formula is C21H23N4O3S+. The summed E-state index contributed by atoms with van der Waals surface area (Å²) in [6, 6.07) is 12.2. The van der Waals surface area contributed by atoms with Crippen molar-refractivity contribution in [2.24, 2.45) is 0 Å². The Kier molecular flexibility index (Phi) is 6.36. The van der Waals surface area contributed by atoms with Gasteiger partial charge in [0.15, 0.2) is 5.13 Å². The number of likely N-dealkylation sites (N-methyl/N-ethyl adjacent to an activating group) is 1.